The van der Waals surface area contributed by atoms with Gasteiger partial charge in [0.1, 0.15) is 0 Å². The predicted octanol–water partition coefficient (Wildman–Crippen LogP) is 6.52. The van der Waals surface area contributed by atoms with Crippen molar-refractivity contribution in [3.8, 4) is 0 Å². The average Bonchev–Trinajstić information content (AvgIpc) is 3.22. The van der Waals surface area contributed by atoms with Gasteiger partial charge in [0, 0.05) is 23.1 Å². The Labute approximate surface area is 229 Å². The van der Waals surface area contributed by atoms with Crippen LogP contribution in [-0.2, 0) is 11.8 Å². The van der Waals surface area contributed by atoms with Gasteiger partial charge in [-0.2, -0.15) is 0 Å². The predicted molar refractivity (Wildman–Crippen MR) is 150 cm³/mol. The van der Waals surface area contributed by atoms with Crippen molar-refractivity contribution in [1.29, 1.82) is 0 Å². The SMILES string of the molecule is CC(C)CC(NC(=O)c1ccc(Cl)cc1Cl)c1nnc(SCC(=O)Nc2cccc3ccccc23)n1C. The Morgan fingerprint density at radius 2 is 1.78 bits per heavy atom. The van der Waals surface area contributed by atoms with Crippen molar-refractivity contribution in [2.45, 2.75) is 31.5 Å². The molecule has 7 nitrogen and oxygen atoms in total. The second-order valence-electron chi connectivity index (χ2n) is 9.04. The van der Waals surface area contributed by atoms with Crippen LogP contribution in [0.5, 0.6) is 0 Å². The molecular formula is C27H27Cl2N5O2S. The molecule has 0 aliphatic rings. The summed E-state index contributed by atoms with van der Waals surface area (Å²) in [5.74, 6) is 0.584. The molecule has 10 heteroatoms. The summed E-state index contributed by atoms with van der Waals surface area (Å²) in [6.07, 6.45) is 0.648. The third-order valence-electron chi connectivity index (χ3n) is 5.76. The molecule has 0 fully saturated rings. The molecule has 0 saturated carbocycles. The number of halogens is 2. The Bertz CT molecular complexity index is 1430. The van der Waals surface area contributed by atoms with Gasteiger partial charge in [-0.3, -0.25) is 9.59 Å². The summed E-state index contributed by atoms with van der Waals surface area (Å²) in [5, 5.41) is 18.0. The number of anilines is 1. The number of hydrogen-bond donors (Lipinski definition) is 2. The van der Waals surface area contributed by atoms with E-state index in [-0.39, 0.29) is 28.5 Å². The van der Waals surface area contributed by atoms with E-state index in [1.165, 1.54) is 17.8 Å². The Morgan fingerprint density at radius 1 is 1.03 bits per heavy atom. The molecule has 37 heavy (non-hydrogen) atoms. The van der Waals surface area contributed by atoms with Gasteiger partial charge in [0.2, 0.25) is 5.91 Å². The minimum Gasteiger partial charge on any atom is -0.342 e. The summed E-state index contributed by atoms with van der Waals surface area (Å²) in [5.41, 5.74) is 1.10. The molecule has 1 atom stereocenters. The molecule has 1 unspecified atom stereocenters. The monoisotopic (exact) mass is 555 g/mol. The maximum absolute atomic E-state index is 13.0. The number of carbonyl (C=O) groups excluding carboxylic acids is 2. The number of thioether (sulfide) groups is 1. The van der Waals surface area contributed by atoms with Crippen LogP contribution in [0.4, 0.5) is 5.69 Å². The van der Waals surface area contributed by atoms with E-state index in [2.05, 4.69) is 34.7 Å². The maximum Gasteiger partial charge on any atom is 0.253 e. The van der Waals surface area contributed by atoms with Crippen molar-refractivity contribution < 1.29 is 9.59 Å². The quantitative estimate of drug-likeness (QED) is 0.229. The highest BCUT2D eigenvalue weighted by Gasteiger charge is 2.24. The highest BCUT2D eigenvalue weighted by atomic mass is 35.5. The third-order valence-corrected chi connectivity index (χ3v) is 7.33. The van der Waals surface area contributed by atoms with Crippen molar-refractivity contribution in [2.75, 3.05) is 11.1 Å². The van der Waals surface area contributed by atoms with Crippen LogP contribution in [0.3, 0.4) is 0 Å². The van der Waals surface area contributed by atoms with Crippen LogP contribution < -0.4 is 10.6 Å². The van der Waals surface area contributed by atoms with Crippen molar-refractivity contribution in [2.24, 2.45) is 13.0 Å². The normalized spacial score (nSPS) is 12.1. The number of fused-ring (bicyclic) bond motifs is 1. The zero-order chi connectivity index (χ0) is 26.5. The van der Waals surface area contributed by atoms with Crippen LogP contribution in [0, 0.1) is 5.92 Å². The third kappa shape index (κ3) is 6.63. The summed E-state index contributed by atoms with van der Waals surface area (Å²) in [6.45, 7) is 4.14. The molecule has 0 aliphatic heterocycles. The highest BCUT2D eigenvalue weighted by molar-refractivity contribution is 7.99. The van der Waals surface area contributed by atoms with Crippen LogP contribution in [-0.4, -0.2) is 32.3 Å². The van der Waals surface area contributed by atoms with Gasteiger partial charge in [-0.15, -0.1) is 10.2 Å². The van der Waals surface area contributed by atoms with E-state index in [9.17, 15) is 9.59 Å². The second kappa shape index (κ2) is 12.0. The fourth-order valence-electron chi connectivity index (χ4n) is 4.02. The van der Waals surface area contributed by atoms with E-state index in [1.54, 1.807) is 12.1 Å². The molecule has 0 bridgehead atoms. The van der Waals surface area contributed by atoms with Gasteiger partial charge in [-0.25, -0.2) is 0 Å². The van der Waals surface area contributed by atoms with Crippen molar-refractivity contribution in [3.05, 3.63) is 82.1 Å². The van der Waals surface area contributed by atoms with Crippen molar-refractivity contribution in [3.63, 3.8) is 0 Å². The first kappa shape index (κ1) is 27.0. The number of rotatable bonds is 9. The largest absolute Gasteiger partial charge is 0.342 e. The van der Waals surface area contributed by atoms with Crippen molar-refractivity contribution >= 4 is 63.2 Å². The lowest BCUT2D eigenvalue weighted by atomic mass is 10.0. The summed E-state index contributed by atoms with van der Waals surface area (Å²) < 4.78 is 1.81. The fraction of sp³-hybridized carbons (Fsp3) is 0.259. The topological polar surface area (TPSA) is 88.9 Å². The molecule has 4 rings (SSSR count). The van der Waals surface area contributed by atoms with E-state index >= 15 is 0 Å². The Morgan fingerprint density at radius 3 is 2.54 bits per heavy atom. The van der Waals surface area contributed by atoms with Gasteiger partial charge < -0.3 is 15.2 Å². The number of aromatic nitrogens is 3. The van der Waals surface area contributed by atoms with E-state index < -0.39 is 6.04 Å². The zero-order valence-corrected chi connectivity index (χ0v) is 23.0. The lowest BCUT2D eigenvalue weighted by molar-refractivity contribution is -0.113. The highest BCUT2D eigenvalue weighted by Crippen LogP contribution is 2.27. The first-order valence-corrected chi connectivity index (χ1v) is 13.5. The van der Waals surface area contributed by atoms with Crippen LogP contribution >= 0.6 is 35.0 Å². The Balaban J connectivity index is 1.45. The molecule has 1 heterocycles. The Kier molecular flexibility index (Phi) is 8.74. The number of amides is 2. The second-order valence-corrected chi connectivity index (χ2v) is 10.8. The molecule has 0 saturated heterocycles. The zero-order valence-electron chi connectivity index (χ0n) is 20.7. The van der Waals surface area contributed by atoms with E-state index in [1.807, 2.05) is 54.1 Å². The van der Waals surface area contributed by atoms with Gasteiger partial charge >= 0.3 is 0 Å². The minimum absolute atomic E-state index is 0.143. The van der Waals surface area contributed by atoms with Gasteiger partial charge in [0.15, 0.2) is 11.0 Å². The molecule has 192 valence electrons. The molecular weight excluding hydrogens is 529 g/mol. The summed E-state index contributed by atoms with van der Waals surface area (Å²) in [7, 11) is 1.83. The van der Waals surface area contributed by atoms with E-state index in [0.717, 1.165) is 16.5 Å². The van der Waals surface area contributed by atoms with Crippen LogP contribution in [0.15, 0.2) is 65.8 Å². The van der Waals surface area contributed by atoms with Gasteiger partial charge in [-0.1, -0.05) is 85.2 Å². The summed E-state index contributed by atoms with van der Waals surface area (Å²) in [4.78, 5) is 25.7. The molecule has 1 aromatic heterocycles. The number of hydrogen-bond acceptors (Lipinski definition) is 5. The van der Waals surface area contributed by atoms with Crippen LogP contribution in [0.2, 0.25) is 10.0 Å². The first-order chi connectivity index (χ1) is 17.7. The number of nitrogens with zero attached hydrogens (tertiary/aromatic N) is 3. The van der Waals surface area contributed by atoms with Gasteiger partial charge in [0.25, 0.3) is 5.91 Å². The van der Waals surface area contributed by atoms with E-state index in [0.29, 0.717) is 28.0 Å². The van der Waals surface area contributed by atoms with Crippen LogP contribution in [0.1, 0.15) is 42.5 Å². The molecule has 2 N–H and O–H groups in total. The fourth-order valence-corrected chi connectivity index (χ4v) is 5.23. The maximum atomic E-state index is 13.0. The lowest BCUT2D eigenvalue weighted by Crippen LogP contribution is -2.31. The number of carbonyl (C=O) groups is 2. The summed E-state index contributed by atoms with van der Waals surface area (Å²) in [6, 6.07) is 18.1. The molecule has 0 spiro atoms. The molecule has 3 aromatic carbocycles. The molecule has 0 radical (unpaired) electrons. The van der Waals surface area contributed by atoms with Gasteiger partial charge in [-0.05, 0) is 42.0 Å². The number of nitrogens with one attached hydrogen (secondary N) is 2. The van der Waals surface area contributed by atoms with Gasteiger partial charge in [0.05, 0.1) is 22.4 Å². The molecule has 2 amide bonds. The minimum atomic E-state index is -0.393. The lowest BCUT2D eigenvalue weighted by Gasteiger charge is -2.20. The number of benzene rings is 3. The Hall–Kier alpha value is -3.07. The first-order valence-electron chi connectivity index (χ1n) is 11.8. The average molecular weight is 557 g/mol. The molecule has 4 aromatic rings. The summed E-state index contributed by atoms with van der Waals surface area (Å²) >= 11 is 13.5. The van der Waals surface area contributed by atoms with E-state index in [4.69, 9.17) is 23.2 Å². The smallest absolute Gasteiger partial charge is 0.253 e. The standard InChI is InChI=1S/C27H27Cl2N5O2S/c1-16(2)13-23(31-26(36)20-12-11-18(28)14-21(20)29)25-32-33-27(34(25)3)37-15-24(35)30-22-10-6-8-17-7-4-5-9-19(17)22/h4-12,14,16,23H,13,15H2,1-3H3,(H,30,35)(H,31,36). The van der Waals surface area contributed by atoms with Crippen molar-refractivity contribution in [1.82, 2.24) is 20.1 Å². The molecule has 0 aliphatic carbocycles. The van der Waals surface area contributed by atoms with Crippen LogP contribution in [0.25, 0.3) is 10.8 Å².